The summed E-state index contributed by atoms with van der Waals surface area (Å²) in [7, 11) is 0. The van der Waals surface area contributed by atoms with Crippen LogP contribution in [0, 0.1) is 0 Å². The highest BCUT2D eigenvalue weighted by atomic mass is 16.8. The van der Waals surface area contributed by atoms with Gasteiger partial charge >= 0.3 is 41.8 Å². The second-order valence-corrected chi connectivity index (χ2v) is 9.76. The van der Waals surface area contributed by atoms with E-state index in [0.29, 0.717) is 0 Å². The number of esters is 7. The molecule has 2 rings (SSSR count). The zero-order chi connectivity index (χ0) is 33.4. The first kappa shape index (κ1) is 36.3. The Hall–Kier alpha value is -3.87. The summed E-state index contributed by atoms with van der Waals surface area (Å²) in [5, 5.41) is 11.3. The molecule has 0 radical (unpaired) electrons. The molecule has 0 spiro atoms. The fourth-order valence-electron chi connectivity index (χ4n) is 4.46. The Morgan fingerprint density at radius 3 is 1.52 bits per heavy atom. The monoisotopic (exact) mass is 636 g/mol. The average Bonchev–Trinajstić information content (AvgIpc) is 3.15. The summed E-state index contributed by atoms with van der Waals surface area (Å²) in [6, 6.07) is 0. The van der Waals surface area contributed by atoms with Crippen LogP contribution < -0.4 is 0 Å². The molecule has 0 amide bonds. The molecule has 44 heavy (non-hydrogen) atoms. The molecule has 18 heteroatoms. The second-order valence-electron chi connectivity index (χ2n) is 9.76. The Labute approximate surface area is 251 Å². The van der Waals surface area contributed by atoms with E-state index in [0.717, 1.165) is 48.5 Å². The van der Waals surface area contributed by atoms with Gasteiger partial charge in [-0.05, 0) is 0 Å². The lowest BCUT2D eigenvalue weighted by Crippen LogP contribution is -2.65. The molecule has 2 aliphatic rings. The highest BCUT2D eigenvalue weighted by Gasteiger charge is 2.64. The predicted molar refractivity (Wildman–Crippen MR) is 135 cm³/mol. The third-order valence-corrected chi connectivity index (χ3v) is 5.96. The van der Waals surface area contributed by atoms with Gasteiger partial charge in [0.25, 0.3) is 0 Å². The van der Waals surface area contributed by atoms with E-state index in [-0.39, 0.29) is 0 Å². The summed E-state index contributed by atoms with van der Waals surface area (Å²) in [6.07, 6.45) is -13.2. The van der Waals surface area contributed by atoms with Crippen molar-refractivity contribution in [2.45, 2.75) is 103 Å². The Morgan fingerprint density at radius 2 is 1.05 bits per heavy atom. The number of rotatable bonds is 12. The molecule has 0 saturated carbocycles. The number of ether oxygens (including phenoxy) is 10. The van der Waals surface area contributed by atoms with E-state index in [1.54, 1.807) is 0 Å². The minimum absolute atomic E-state index is 0.565. The van der Waals surface area contributed by atoms with Gasteiger partial charge in [-0.1, -0.05) is 0 Å². The molecule has 2 aliphatic heterocycles. The number of carbonyl (C=O) groups is 7. The minimum atomic E-state index is -2.44. The first-order chi connectivity index (χ1) is 20.4. The van der Waals surface area contributed by atoms with Gasteiger partial charge in [-0.25, -0.2) is 0 Å². The van der Waals surface area contributed by atoms with Crippen molar-refractivity contribution in [2.24, 2.45) is 0 Å². The van der Waals surface area contributed by atoms with E-state index in [1.807, 2.05) is 0 Å². The number of hydrogen-bond donors (Lipinski definition) is 1. The molecular formula is C26H36O18. The van der Waals surface area contributed by atoms with Crippen molar-refractivity contribution in [2.75, 3.05) is 19.8 Å². The average molecular weight is 637 g/mol. The van der Waals surface area contributed by atoms with Crippen molar-refractivity contribution in [3.8, 4) is 0 Å². The third kappa shape index (κ3) is 10.1. The topological polar surface area (TPSA) is 232 Å². The van der Waals surface area contributed by atoms with Gasteiger partial charge in [-0.2, -0.15) is 0 Å². The molecule has 0 aromatic heterocycles. The Morgan fingerprint density at radius 1 is 0.591 bits per heavy atom. The van der Waals surface area contributed by atoms with Crippen LogP contribution in [0.3, 0.4) is 0 Å². The van der Waals surface area contributed by atoms with Gasteiger partial charge in [-0.3, -0.25) is 33.6 Å². The van der Waals surface area contributed by atoms with Crippen LogP contribution in [0.2, 0.25) is 0 Å². The molecule has 2 fully saturated rings. The highest BCUT2D eigenvalue weighted by molar-refractivity contribution is 5.69. The summed E-state index contributed by atoms with van der Waals surface area (Å²) in [5.41, 5.74) is 0. The quantitative estimate of drug-likeness (QED) is 0.192. The summed E-state index contributed by atoms with van der Waals surface area (Å²) < 4.78 is 54.1. The summed E-state index contributed by atoms with van der Waals surface area (Å²) in [5.74, 6) is -8.41. The molecule has 0 aromatic carbocycles. The van der Waals surface area contributed by atoms with Crippen molar-refractivity contribution >= 4 is 41.8 Å². The normalized spacial score (nSPS) is 31.2. The van der Waals surface area contributed by atoms with Crippen molar-refractivity contribution in [1.82, 2.24) is 0 Å². The van der Waals surface area contributed by atoms with E-state index >= 15 is 0 Å². The maximum absolute atomic E-state index is 12.2. The Kier molecular flexibility index (Phi) is 13.0. The van der Waals surface area contributed by atoms with Gasteiger partial charge in [0.2, 0.25) is 5.79 Å². The van der Waals surface area contributed by atoms with Crippen LogP contribution in [0.15, 0.2) is 0 Å². The lowest BCUT2D eigenvalue weighted by atomic mass is 9.98. The molecule has 2 heterocycles. The van der Waals surface area contributed by atoms with E-state index in [2.05, 4.69) is 0 Å². The van der Waals surface area contributed by atoms with Crippen molar-refractivity contribution in [3.05, 3.63) is 0 Å². The molecular weight excluding hydrogens is 600 g/mol. The minimum Gasteiger partial charge on any atom is -0.463 e. The predicted octanol–water partition coefficient (Wildman–Crippen LogP) is -1.40. The van der Waals surface area contributed by atoms with Gasteiger partial charge in [-0.15, -0.1) is 0 Å². The van der Waals surface area contributed by atoms with Gasteiger partial charge in [0.05, 0.1) is 0 Å². The van der Waals surface area contributed by atoms with Crippen molar-refractivity contribution < 1.29 is 86.0 Å². The molecule has 1 N–H and O–H groups in total. The molecule has 248 valence electrons. The molecule has 18 nitrogen and oxygen atoms in total. The van der Waals surface area contributed by atoms with Crippen LogP contribution in [0.25, 0.3) is 0 Å². The summed E-state index contributed by atoms with van der Waals surface area (Å²) >= 11 is 0. The summed E-state index contributed by atoms with van der Waals surface area (Å²) in [4.78, 5) is 83.1. The van der Waals surface area contributed by atoms with Gasteiger partial charge in [0.1, 0.15) is 38.1 Å². The number of carbonyl (C=O) groups excluding carboxylic acids is 7. The SMILES string of the molecule is CC(=O)OC[C@H]1O[C@@](COC(C)=O)(O[C@H]2O[C@H](COC(C)=O)[C@@H](OC(C)=O)[C@H](OC(C)=O)[C@H]2O)[C@@H](OC(C)=O)[C@@H]1OC(C)=O. The maximum Gasteiger partial charge on any atom is 0.303 e. The Balaban J connectivity index is 2.65. The smallest absolute Gasteiger partial charge is 0.303 e. The molecule has 0 unspecified atom stereocenters. The van der Waals surface area contributed by atoms with Crippen LogP contribution in [0.1, 0.15) is 48.5 Å². The lowest BCUT2D eigenvalue weighted by molar-refractivity contribution is -0.384. The van der Waals surface area contributed by atoms with Gasteiger partial charge in [0.15, 0.2) is 30.7 Å². The maximum atomic E-state index is 12.2. The zero-order valence-electron chi connectivity index (χ0n) is 25.1. The van der Waals surface area contributed by atoms with Crippen molar-refractivity contribution in [1.29, 1.82) is 0 Å². The first-order valence-electron chi connectivity index (χ1n) is 13.2. The molecule has 0 aliphatic carbocycles. The molecule has 9 atom stereocenters. The molecule has 0 bridgehead atoms. The summed E-state index contributed by atoms with van der Waals surface area (Å²) in [6.45, 7) is 5.25. The van der Waals surface area contributed by atoms with Crippen LogP contribution >= 0.6 is 0 Å². The number of aliphatic hydroxyl groups excluding tert-OH is 1. The van der Waals surface area contributed by atoms with E-state index in [4.69, 9.17) is 47.4 Å². The highest BCUT2D eigenvalue weighted by Crippen LogP contribution is 2.41. The van der Waals surface area contributed by atoms with Crippen LogP contribution in [0.4, 0.5) is 0 Å². The van der Waals surface area contributed by atoms with Gasteiger partial charge in [0, 0.05) is 48.5 Å². The van der Waals surface area contributed by atoms with Crippen LogP contribution in [-0.4, -0.2) is 122 Å². The molecule has 0 aromatic rings. The Bertz CT molecular complexity index is 1100. The van der Waals surface area contributed by atoms with Gasteiger partial charge < -0.3 is 52.5 Å². The van der Waals surface area contributed by atoms with Crippen LogP contribution in [0.5, 0.6) is 0 Å². The second kappa shape index (κ2) is 15.7. The lowest BCUT2D eigenvalue weighted by Gasteiger charge is -2.45. The van der Waals surface area contributed by atoms with E-state index in [1.165, 1.54) is 0 Å². The fourth-order valence-corrected chi connectivity index (χ4v) is 4.46. The van der Waals surface area contributed by atoms with E-state index in [9.17, 15) is 38.7 Å². The first-order valence-corrected chi connectivity index (χ1v) is 13.2. The zero-order valence-corrected chi connectivity index (χ0v) is 25.1. The van der Waals surface area contributed by atoms with Crippen LogP contribution in [-0.2, 0) is 80.9 Å². The fraction of sp³-hybridized carbons (Fsp3) is 0.731. The molecule has 2 saturated heterocycles. The number of aliphatic hydroxyl groups is 1. The largest absolute Gasteiger partial charge is 0.463 e. The number of hydrogen-bond acceptors (Lipinski definition) is 18. The van der Waals surface area contributed by atoms with E-state index < -0.39 is 116 Å². The standard InChI is InChI=1S/C26H36O18/c1-11(27)35-8-18-21(38-14(4)30)23(40-16(6)32)20(34)25(42-18)44-26(10-37-13(3)29)24(41-17(7)33)22(39-15(5)31)19(43-26)9-36-12(2)28/h18-25,34H,8-10H2,1-7H3/t18-,19-,20-,21-,22-,23-,24+,25-,26+/m1/s1. The van der Waals surface area contributed by atoms with Crippen molar-refractivity contribution in [3.63, 3.8) is 0 Å². The third-order valence-electron chi connectivity index (χ3n) is 5.96.